The van der Waals surface area contributed by atoms with Gasteiger partial charge < -0.3 is 10.3 Å². The molecule has 1 atom stereocenters. The van der Waals surface area contributed by atoms with E-state index in [1.54, 1.807) is 12.5 Å². The highest BCUT2D eigenvalue weighted by Crippen LogP contribution is 2.12. The first kappa shape index (κ1) is 9.86. The van der Waals surface area contributed by atoms with E-state index in [0.29, 0.717) is 0 Å². The van der Waals surface area contributed by atoms with E-state index >= 15 is 0 Å². The quantitative estimate of drug-likeness (QED) is 0.823. The predicted molar refractivity (Wildman–Crippen MR) is 58.6 cm³/mol. The zero-order valence-corrected chi connectivity index (χ0v) is 8.67. The minimum Gasteiger partial charge on any atom is -0.323 e. The monoisotopic (exact) mass is 202 g/mol. The molecule has 15 heavy (non-hydrogen) atoms. The van der Waals surface area contributed by atoms with E-state index in [1.165, 1.54) is 0 Å². The molecule has 2 aromatic rings. The van der Waals surface area contributed by atoms with E-state index in [2.05, 4.69) is 16.9 Å². The van der Waals surface area contributed by atoms with Crippen LogP contribution in [0.1, 0.15) is 25.1 Å². The summed E-state index contributed by atoms with van der Waals surface area (Å²) in [5, 5.41) is 0. The molecule has 2 heterocycles. The Labute approximate surface area is 88.8 Å². The molecule has 78 valence electrons. The maximum absolute atomic E-state index is 5.88. The molecule has 0 spiro atoms. The Balaban J connectivity index is 2.25. The zero-order valence-electron chi connectivity index (χ0n) is 8.67. The summed E-state index contributed by atoms with van der Waals surface area (Å²) in [6.07, 6.45) is 8.09. The number of nitrogens with two attached hydrogens (primary N) is 1. The Kier molecular flexibility index (Phi) is 2.78. The second kappa shape index (κ2) is 4.23. The van der Waals surface area contributed by atoms with Gasteiger partial charge in [0.1, 0.15) is 0 Å². The maximum Gasteiger partial charge on any atom is 0.0992 e. The largest absolute Gasteiger partial charge is 0.323 e. The maximum atomic E-state index is 5.88. The molecule has 2 N–H and O–H groups in total. The van der Waals surface area contributed by atoms with Crippen LogP contribution in [0, 0.1) is 0 Å². The van der Waals surface area contributed by atoms with Gasteiger partial charge in [-0.05, 0) is 18.6 Å². The van der Waals surface area contributed by atoms with Crippen LogP contribution in [0.25, 0.3) is 5.69 Å². The van der Waals surface area contributed by atoms with Crippen LogP contribution in [-0.2, 0) is 0 Å². The standard InChI is InChI=1S/C11H14N4/c1-2-10(12)11-4-3-9(7-14-11)15-6-5-13-8-15/h3-8,10H,2,12H2,1H3/t10-/m1/s1. The molecule has 2 aromatic heterocycles. The summed E-state index contributed by atoms with van der Waals surface area (Å²) < 4.78 is 1.91. The third-order valence-electron chi connectivity index (χ3n) is 2.39. The number of nitrogens with zero attached hydrogens (tertiary/aromatic N) is 3. The van der Waals surface area contributed by atoms with Crippen molar-refractivity contribution >= 4 is 0 Å². The second-order valence-corrected chi connectivity index (χ2v) is 3.43. The van der Waals surface area contributed by atoms with Crippen LogP contribution >= 0.6 is 0 Å². The van der Waals surface area contributed by atoms with E-state index in [-0.39, 0.29) is 6.04 Å². The van der Waals surface area contributed by atoms with Crippen molar-refractivity contribution < 1.29 is 0 Å². The summed E-state index contributed by atoms with van der Waals surface area (Å²) in [5.74, 6) is 0. The Morgan fingerprint density at radius 3 is 2.87 bits per heavy atom. The van der Waals surface area contributed by atoms with Crippen molar-refractivity contribution in [1.82, 2.24) is 14.5 Å². The molecular formula is C11H14N4. The number of aromatic nitrogens is 3. The third-order valence-corrected chi connectivity index (χ3v) is 2.39. The van der Waals surface area contributed by atoms with Crippen molar-refractivity contribution in [2.45, 2.75) is 19.4 Å². The molecule has 0 aliphatic carbocycles. The molecule has 4 nitrogen and oxygen atoms in total. The van der Waals surface area contributed by atoms with Crippen molar-refractivity contribution in [3.63, 3.8) is 0 Å². The van der Waals surface area contributed by atoms with Crippen LogP contribution in [0.3, 0.4) is 0 Å². The summed E-state index contributed by atoms with van der Waals surface area (Å²) in [5.41, 5.74) is 7.81. The fourth-order valence-electron chi connectivity index (χ4n) is 1.39. The number of rotatable bonds is 3. The van der Waals surface area contributed by atoms with Crippen LogP contribution < -0.4 is 5.73 Å². The highest BCUT2D eigenvalue weighted by Gasteiger charge is 2.04. The Morgan fingerprint density at radius 1 is 1.47 bits per heavy atom. The van der Waals surface area contributed by atoms with Gasteiger partial charge in [-0.15, -0.1) is 0 Å². The van der Waals surface area contributed by atoms with E-state index in [4.69, 9.17) is 5.73 Å². The number of hydrogen-bond acceptors (Lipinski definition) is 3. The summed E-state index contributed by atoms with van der Waals surface area (Å²) in [6.45, 7) is 2.05. The fraction of sp³-hybridized carbons (Fsp3) is 0.273. The van der Waals surface area contributed by atoms with Gasteiger partial charge in [0, 0.05) is 18.4 Å². The molecule has 0 saturated heterocycles. The highest BCUT2D eigenvalue weighted by atomic mass is 15.0. The summed E-state index contributed by atoms with van der Waals surface area (Å²) in [6, 6.07) is 3.99. The van der Waals surface area contributed by atoms with Gasteiger partial charge in [0.05, 0.1) is 23.9 Å². The van der Waals surface area contributed by atoms with Crippen molar-refractivity contribution in [2.24, 2.45) is 5.73 Å². The third kappa shape index (κ3) is 2.05. The summed E-state index contributed by atoms with van der Waals surface area (Å²) >= 11 is 0. The number of imidazole rings is 1. The van der Waals surface area contributed by atoms with Gasteiger partial charge in [-0.25, -0.2) is 4.98 Å². The predicted octanol–water partition coefficient (Wildman–Crippen LogP) is 1.68. The van der Waals surface area contributed by atoms with Crippen molar-refractivity contribution in [3.05, 3.63) is 42.7 Å². The average molecular weight is 202 g/mol. The lowest BCUT2D eigenvalue weighted by molar-refractivity contribution is 0.675. The molecular weight excluding hydrogens is 188 g/mol. The number of pyridine rings is 1. The second-order valence-electron chi connectivity index (χ2n) is 3.43. The Hall–Kier alpha value is -1.68. The van der Waals surface area contributed by atoms with Gasteiger partial charge >= 0.3 is 0 Å². The lowest BCUT2D eigenvalue weighted by Crippen LogP contribution is -2.10. The Morgan fingerprint density at radius 2 is 2.33 bits per heavy atom. The van der Waals surface area contributed by atoms with Crippen LogP contribution in [0.2, 0.25) is 0 Å². The topological polar surface area (TPSA) is 56.7 Å². The smallest absolute Gasteiger partial charge is 0.0992 e. The molecule has 0 saturated carbocycles. The van der Waals surface area contributed by atoms with Gasteiger partial charge in [0.25, 0.3) is 0 Å². The van der Waals surface area contributed by atoms with Gasteiger partial charge in [-0.2, -0.15) is 0 Å². The van der Waals surface area contributed by atoms with E-state index in [1.807, 2.05) is 29.1 Å². The van der Waals surface area contributed by atoms with E-state index < -0.39 is 0 Å². The molecule has 0 aliphatic heterocycles. The lowest BCUT2D eigenvalue weighted by Gasteiger charge is -2.08. The van der Waals surface area contributed by atoms with Crippen LogP contribution in [0.4, 0.5) is 0 Å². The zero-order chi connectivity index (χ0) is 10.7. The molecule has 0 aromatic carbocycles. The van der Waals surface area contributed by atoms with Crippen molar-refractivity contribution in [3.8, 4) is 5.69 Å². The van der Waals surface area contributed by atoms with Crippen LogP contribution in [0.15, 0.2) is 37.1 Å². The van der Waals surface area contributed by atoms with Gasteiger partial charge in [-0.1, -0.05) is 6.92 Å². The molecule has 0 unspecified atom stereocenters. The normalized spacial score (nSPS) is 12.7. The molecule has 4 heteroatoms. The fourth-order valence-corrected chi connectivity index (χ4v) is 1.39. The van der Waals surface area contributed by atoms with Crippen molar-refractivity contribution in [2.75, 3.05) is 0 Å². The minimum atomic E-state index is 0.0295. The molecule has 0 bridgehead atoms. The van der Waals surface area contributed by atoms with Crippen LogP contribution in [-0.4, -0.2) is 14.5 Å². The minimum absolute atomic E-state index is 0.0295. The summed E-state index contributed by atoms with van der Waals surface area (Å²) in [4.78, 5) is 8.31. The highest BCUT2D eigenvalue weighted by molar-refractivity contribution is 5.30. The van der Waals surface area contributed by atoms with Gasteiger partial charge in [0.2, 0.25) is 0 Å². The van der Waals surface area contributed by atoms with Crippen molar-refractivity contribution in [1.29, 1.82) is 0 Å². The van der Waals surface area contributed by atoms with E-state index in [0.717, 1.165) is 17.8 Å². The molecule has 0 fully saturated rings. The Bertz CT molecular complexity index is 405. The summed E-state index contributed by atoms with van der Waals surface area (Å²) in [7, 11) is 0. The SMILES string of the molecule is CC[C@@H](N)c1ccc(-n2ccnc2)cn1. The first-order valence-corrected chi connectivity index (χ1v) is 5.01. The van der Waals surface area contributed by atoms with Crippen LogP contribution in [0.5, 0.6) is 0 Å². The van der Waals surface area contributed by atoms with Gasteiger partial charge in [-0.3, -0.25) is 4.98 Å². The average Bonchev–Trinajstić information content (AvgIpc) is 2.82. The first-order chi connectivity index (χ1) is 7.31. The van der Waals surface area contributed by atoms with E-state index in [9.17, 15) is 0 Å². The molecule has 2 rings (SSSR count). The lowest BCUT2D eigenvalue weighted by atomic mass is 10.1. The number of hydrogen-bond donors (Lipinski definition) is 1. The molecule has 0 amide bonds. The first-order valence-electron chi connectivity index (χ1n) is 5.01. The van der Waals surface area contributed by atoms with Gasteiger partial charge in [0.15, 0.2) is 0 Å². The molecule has 0 radical (unpaired) electrons. The molecule has 0 aliphatic rings.